The molecule has 0 saturated heterocycles. The number of benzene rings is 1. The Kier molecular flexibility index (Phi) is 4.30. The Morgan fingerprint density at radius 1 is 1.27 bits per heavy atom. The van der Waals surface area contributed by atoms with Crippen LogP contribution in [0.15, 0.2) is 12.1 Å². The average molecular weight is 225 g/mol. The second kappa shape index (κ2) is 5.29. The summed E-state index contributed by atoms with van der Waals surface area (Å²) in [6, 6.07) is 4.21. The molecule has 0 fully saturated rings. The summed E-state index contributed by atoms with van der Waals surface area (Å²) in [5, 5.41) is 7.58. The minimum atomic E-state index is 0.303. The molecule has 0 spiro atoms. The Bertz CT molecular complexity index is 372. The molecule has 0 saturated carbocycles. The molecule has 0 unspecified atom stereocenters. The average Bonchev–Trinajstić information content (AvgIpc) is 2.22. The maximum Gasteiger partial charge on any atom is 0.0604 e. The molecule has 0 bridgehead atoms. The zero-order valence-electron chi connectivity index (χ0n) is 9.23. The number of nitrogens with two attached hydrogens (primary N) is 1. The lowest BCUT2D eigenvalue weighted by Crippen LogP contribution is -2.07. The second-order valence-electron chi connectivity index (χ2n) is 3.82. The van der Waals surface area contributed by atoms with Crippen LogP contribution in [0.1, 0.15) is 22.3 Å². The Morgan fingerprint density at radius 2 is 1.80 bits per heavy atom. The third kappa shape index (κ3) is 3.05. The van der Waals surface area contributed by atoms with Gasteiger partial charge in [0, 0.05) is 18.7 Å². The van der Waals surface area contributed by atoms with Crippen LogP contribution in [0.5, 0.6) is 0 Å². The van der Waals surface area contributed by atoms with Crippen molar-refractivity contribution in [1.82, 2.24) is 0 Å². The van der Waals surface area contributed by atoms with Gasteiger partial charge in [-0.25, -0.2) is 0 Å². The van der Waals surface area contributed by atoms with Crippen LogP contribution in [-0.4, -0.2) is 11.6 Å². The number of aryl methyl sites for hydroxylation is 2. The Morgan fingerprint density at radius 3 is 2.33 bits per heavy atom. The Balaban J connectivity index is 3.00. The third-order valence-corrected chi connectivity index (χ3v) is 2.90. The van der Waals surface area contributed by atoms with Crippen molar-refractivity contribution in [2.24, 2.45) is 5.73 Å². The van der Waals surface area contributed by atoms with Crippen LogP contribution in [0.2, 0.25) is 0 Å². The highest BCUT2D eigenvalue weighted by Crippen LogP contribution is 2.16. The molecule has 1 aromatic rings. The number of nitrogens with one attached hydrogen (secondary N) is 1. The van der Waals surface area contributed by atoms with E-state index >= 15 is 0 Å². The second-order valence-corrected chi connectivity index (χ2v) is 4.09. The van der Waals surface area contributed by atoms with Crippen LogP contribution in [0.25, 0.3) is 0 Å². The number of hydrogen-bond acceptors (Lipinski definition) is 2. The Labute approximate surface area is 95.9 Å². The van der Waals surface area contributed by atoms with Crippen LogP contribution < -0.4 is 5.73 Å². The van der Waals surface area contributed by atoms with Gasteiger partial charge in [0.15, 0.2) is 0 Å². The summed E-state index contributed by atoms with van der Waals surface area (Å²) in [6.07, 6.45) is 0.640. The molecule has 0 aromatic heterocycles. The molecule has 82 valence electrons. The van der Waals surface area contributed by atoms with Crippen molar-refractivity contribution in [2.75, 3.05) is 5.88 Å². The van der Waals surface area contributed by atoms with Crippen molar-refractivity contribution in [3.05, 3.63) is 34.4 Å². The summed E-state index contributed by atoms with van der Waals surface area (Å²) in [4.78, 5) is 0. The molecule has 0 radical (unpaired) electrons. The van der Waals surface area contributed by atoms with Gasteiger partial charge >= 0.3 is 0 Å². The van der Waals surface area contributed by atoms with E-state index in [0.29, 0.717) is 24.6 Å². The van der Waals surface area contributed by atoms with Gasteiger partial charge < -0.3 is 11.1 Å². The first-order valence-corrected chi connectivity index (χ1v) is 5.53. The molecule has 1 aromatic carbocycles. The van der Waals surface area contributed by atoms with E-state index in [1.54, 1.807) is 0 Å². The van der Waals surface area contributed by atoms with E-state index in [2.05, 4.69) is 26.0 Å². The van der Waals surface area contributed by atoms with Gasteiger partial charge in [-0.1, -0.05) is 12.1 Å². The first-order chi connectivity index (χ1) is 7.08. The number of alkyl halides is 1. The van der Waals surface area contributed by atoms with Gasteiger partial charge in [0.05, 0.1) is 5.88 Å². The van der Waals surface area contributed by atoms with Crippen molar-refractivity contribution in [1.29, 1.82) is 5.41 Å². The first kappa shape index (κ1) is 12.2. The van der Waals surface area contributed by atoms with Crippen molar-refractivity contribution in [3.63, 3.8) is 0 Å². The molecule has 0 aliphatic carbocycles. The Hall–Kier alpha value is -0.860. The van der Waals surface area contributed by atoms with Crippen LogP contribution in [0, 0.1) is 19.3 Å². The molecule has 15 heavy (non-hydrogen) atoms. The first-order valence-electron chi connectivity index (χ1n) is 4.99. The van der Waals surface area contributed by atoms with E-state index in [0.717, 1.165) is 0 Å². The fourth-order valence-corrected chi connectivity index (χ4v) is 1.72. The van der Waals surface area contributed by atoms with E-state index in [1.807, 2.05) is 0 Å². The molecule has 0 atom stereocenters. The monoisotopic (exact) mass is 224 g/mol. The normalized spacial score (nSPS) is 10.4. The van der Waals surface area contributed by atoms with Crippen molar-refractivity contribution < 1.29 is 0 Å². The lowest BCUT2D eigenvalue weighted by Gasteiger charge is -2.10. The van der Waals surface area contributed by atoms with Gasteiger partial charge in [-0.15, -0.1) is 11.6 Å². The minimum Gasteiger partial charge on any atom is -0.326 e. The molecule has 3 heteroatoms. The van der Waals surface area contributed by atoms with Gasteiger partial charge in [0.1, 0.15) is 0 Å². The summed E-state index contributed by atoms with van der Waals surface area (Å²) in [5.41, 5.74) is 10.9. The molecule has 0 heterocycles. The molecule has 1 rings (SSSR count). The van der Waals surface area contributed by atoms with Crippen molar-refractivity contribution in [2.45, 2.75) is 26.8 Å². The predicted octanol–water partition coefficient (Wildman–Crippen LogP) is 2.56. The smallest absolute Gasteiger partial charge is 0.0604 e. The predicted molar refractivity (Wildman–Crippen MR) is 66.0 cm³/mol. The van der Waals surface area contributed by atoms with Crippen LogP contribution in [-0.2, 0) is 13.0 Å². The maximum absolute atomic E-state index is 7.58. The number of rotatable bonds is 4. The third-order valence-electron chi connectivity index (χ3n) is 2.58. The number of hydrogen-bond donors (Lipinski definition) is 2. The summed E-state index contributed by atoms with van der Waals surface area (Å²) < 4.78 is 0. The highest BCUT2D eigenvalue weighted by atomic mass is 35.5. The standard InChI is InChI=1S/C12H17ClN2/c1-8-4-11(7-14)9(2)3-10(8)5-12(15)6-13/h3-4,15H,5-7,14H2,1-2H3. The van der Waals surface area contributed by atoms with E-state index < -0.39 is 0 Å². The summed E-state index contributed by atoms with van der Waals surface area (Å²) in [5.74, 6) is 0.303. The van der Waals surface area contributed by atoms with Crippen LogP contribution >= 0.6 is 11.6 Å². The fourth-order valence-electron chi connectivity index (χ4n) is 1.62. The molecular formula is C12H17ClN2. The van der Waals surface area contributed by atoms with Gasteiger partial charge in [-0.05, 0) is 36.1 Å². The highest BCUT2D eigenvalue weighted by molar-refractivity contribution is 6.28. The maximum atomic E-state index is 7.58. The summed E-state index contributed by atoms with van der Waals surface area (Å²) in [6.45, 7) is 4.67. The van der Waals surface area contributed by atoms with Gasteiger partial charge in [0.2, 0.25) is 0 Å². The molecule has 2 nitrogen and oxygen atoms in total. The minimum absolute atomic E-state index is 0.303. The zero-order valence-corrected chi connectivity index (χ0v) is 9.99. The summed E-state index contributed by atoms with van der Waals surface area (Å²) >= 11 is 5.61. The zero-order chi connectivity index (χ0) is 11.4. The van der Waals surface area contributed by atoms with E-state index in [-0.39, 0.29) is 0 Å². The lowest BCUT2D eigenvalue weighted by molar-refractivity contribution is 1.03. The molecule has 0 aliphatic heterocycles. The quantitative estimate of drug-likeness (QED) is 0.600. The van der Waals surface area contributed by atoms with E-state index in [1.165, 1.54) is 22.3 Å². The lowest BCUT2D eigenvalue weighted by atomic mass is 9.97. The molecule has 3 N–H and O–H groups in total. The number of halogens is 1. The van der Waals surface area contributed by atoms with E-state index in [4.69, 9.17) is 22.7 Å². The highest BCUT2D eigenvalue weighted by Gasteiger charge is 2.05. The van der Waals surface area contributed by atoms with Crippen LogP contribution in [0.3, 0.4) is 0 Å². The SMILES string of the molecule is Cc1cc(CC(=N)CCl)c(C)cc1CN. The molecule has 0 aliphatic rings. The molecule has 0 amide bonds. The van der Waals surface area contributed by atoms with Gasteiger partial charge in [-0.3, -0.25) is 0 Å². The van der Waals surface area contributed by atoms with Crippen LogP contribution in [0.4, 0.5) is 0 Å². The largest absolute Gasteiger partial charge is 0.326 e. The summed E-state index contributed by atoms with van der Waals surface area (Å²) in [7, 11) is 0. The van der Waals surface area contributed by atoms with Crippen molar-refractivity contribution >= 4 is 17.3 Å². The van der Waals surface area contributed by atoms with Crippen molar-refractivity contribution in [3.8, 4) is 0 Å². The van der Waals surface area contributed by atoms with Gasteiger partial charge in [0.25, 0.3) is 0 Å². The molecular weight excluding hydrogens is 208 g/mol. The van der Waals surface area contributed by atoms with Gasteiger partial charge in [-0.2, -0.15) is 0 Å². The van der Waals surface area contributed by atoms with E-state index in [9.17, 15) is 0 Å². The topological polar surface area (TPSA) is 49.9 Å². The fraction of sp³-hybridized carbons (Fsp3) is 0.417.